The number of aliphatic imine (C=N–C) groups is 1. The molecule has 0 saturated carbocycles. The Bertz CT molecular complexity index is 513. The van der Waals surface area contributed by atoms with Gasteiger partial charge in [0.15, 0.2) is 5.96 Å². The van der Waals surface area contributed by atoms with Crippen LogP contribution >= 0.6 is 24.0 Å². The summed E-state index contributed by atoms with van der Waals surface area (Å²) in [5, 5.41) is 6.33. The smallest absolute Gasteiger partial charge is 0.417 e. The van der Waals surface area contributed by atoms with Gasteiger partial charge in [-0.2, -0.15) is 13.2 Å². The molecule has 0 bridgehead atoms. The minimum atomic E-state index is -4.39. The number of pyridine rings is 1. The van der Waals surface area contributed by atoms with Crippen molar-refractivity contribution in [2.75, 3.05) is 19.7 Å². The molecule has 1 heterocycles. The van der Waals surface area contributed by atoms with Crippen LogP contribution in [0.1, 0.15) is 33.3 Å². The molecule has 0 aromatic carbocycles. The average Bonchev–Trinajstić information content (AvgIpc) is 2.41. The van der Waals surface area contributed by atoms with E-state index < -0.39 is 11.7 Å². The molecular formula is C15H24F3IN4O. The van der Waals surface area contributed by atoms with Crippen LogP contribution in [0.5, 0.6) is 5.88 Å². The topological polar surface area (TPSA) is 58.5 Å². The molecule has 0 fully saturated rings. The monoisotopic (exact) mass is 460 g/mol. The Hall–Kier alpha value is -1.26. The second kappa shape index (κ2) is 9.90. The fourth-order valence-electron chi connectivity index (χ4n) is 1.60. The third-order valence-electron chi connectivity index (χ3n) is 2.51. The summed E-state index contributed by atoms with van der Waals surface area (Å²) in [5.74, 6) is 0.797. The lowest BCUT2D eigenvalue weighted by atomic mass is 10.1. The van der Waals surface area contributed by atoms with Crippen molar-refractivity contribution in [3.05, 3.63) is 23.9 Å². The van der Waals surface area contributed by atoms with Crippen LogP contribution in [0.25, 0.3) is 0 Å². The van der Waals surface area contributed by atoms with E-state index >= 15 is 0 Å². The highest BCUT2D eigenvalue weighted by atomic mass is 127. The molecule has 2 N–H and O–H groups in total. The zero-order valence-electron chi connectivity index (χ0n) is 14.2. The van der Waals surface area contributed by atoms with Gasteiger partial charge in [-0.3, -0.25) is 0 Å². The van der Waals surface area contributed by atoms with Gasteiger partial charge in [-0.1, -0.05) is 0 Å². The Balaban J connectivity index is 0.00000529. The molecule has 0 aliphatic heterocycles. The zero-order valence-corrected chi connectivity index (χ0v) is 16.5. The van der Waals surface area contributed by atoms with Crippen molar-refractivity contribution in [3.63, 3.8) is 0 Å². The van der Waals surface area contributed by atoms with E-state index in [1.54, 1.807) is 0 Å². The first-order chi connectivity index (χ1) is 10.6. The van der Waals surface area contributed by atoms with Crippen LogP contribution in [0.2, 0.25) is 0 Å². The van der Waals surface area contributed by atoms with E-state index in [4.69, 9.17) is 4.74 Å². The highest BCUT2D eigenvalue weighted by molar-refractivity contribution is 14.0. The van der Waals surface area contributed by atoms with E-state index in [0.717, 1.165) is 18.8 Å². The number of aromatic nitrogens is 1. The van der Waals surface area contributed by atoms with Gasteiger partial charge in [0.1, 0.15) is 6.61 Å². The van der Waals surface area contributed by atoms with E-state index in [1.807, 2.05) is 27.7 Å². The second-order valence-electron chi connectivity index (χ2n) is 5.87. The Morgan fingerprint density at radius 3 is 2.38 bits per heavy atom. The van der Waals surface area contributed by atoms with Gasteiger partial charge in [0, 0.05) is 24.3 Å². The fraction of sp³-hybridized carbons (Fsp3) is 0.600. The highest BCUT2D eigenvalue weighted by Crippen LogP contribution is 2.29. The Morgan fingerprint density at radius 2 is 1.92 bits per heavy atom. The van der Waals surface area contributed by atoms with Gasteiger partial charge in [0.25, 0.3) is 0 Å². The van der Waals surface area contributed by atoms with Crippen LogP contribution < -0.4 is 15.4 Å². The third-order valence-corrected chi connectivity index (χ3v) is 2.51. The van der Waals surface area contributed by atoms with Crippen molar-refractivity contribution in [2.24, 2.45) is 4.99 Å². The van der Waals surface area contributed by atoms with Crippen LogP contribution in [0.3, 0.4) is 0 Å². The average molecular weight is 460 g/mol. The van der Waals surface area contributed by atoms with Crippen LogP contribution in [-0.4, -0.2) is 36.2 Å². The van der Waals surface area contributed by atoms with Crippen molar-refractivity contribution < 1.29 is 17.9 Å². The highest BCUT2D eigenvalue weighted by Gasteiger charge is 2.30. The maximum atomic E-state index is 12.4. The van der Waals surface area contributed by atoms with E-state index in [-0.39, 0.29) is 42.0 Å². The van der Waals surface area contributed by atoms with Crippen LogP contribution in [0.15, 0.2) is 23.3 Å². The van der Waals surface area contributed by atoms with Gasteiger partial charge in [-0.25, -0.2) is 9.98 Å². The molecule has 0 spiro atoms. The molecular weight excluding hydrogens is 436 g/mol. The summed E-state index contributed by atoms with van der Waals surface area (Å²) >= 11 is 0. The number of hydrogen-bond donors (Lipinski definition) is 2. The lowest BCUT2D eigenvalue weighted by Gasteiger charge is -2.23. The van der Waals surface area contributed by atoms with Crippen molar-refractivity contribution in [1.82, 2.24) is 15.6 Å². The van der Waals surface area contributed by atoms with Gasteiger partial charge in [0.05, 0.1) is 12.1 Å². The van der Waals surface area contributed by atoms with Crippen molar-refractivity contribution in [1.29, 1.82) is 0 Å². The van der Waals surface area contributed by atoms with Crippen LogP contribution in [0, 0.1) is 0 Å². The summed E-state index contributed by atoms with van der Waals surface area (Å²) in [7, 11) is 0. The first kappa shape index (κ1) is 22.7. The Kier molecular flexibility index (Phi) is 9.38. The summed E-state index contributed by atoms with van der Waals surface area (Å²) in [4.78, 5) is 7.97. The van der Waals surface area contributed by atoms with Crippen molar-refractivity contribution >= 4 is 29.9 Å². The van der Waals surface area contributed by atoms with Gasteiger partial charge in [-0.15, -0.1) is 24.0 Å². The molecule has 5 nitrogen and oxygen atoms in total. The minimum absolute atomic E-state index is 0. The van der Waals surface area contributed by atoms with Crippen molar-refractivity contribution in [2.45, 2.75) is 39.4 Å². The predicted octanol–water partition coefficient (Wildman–Crippen LogP) is 3.45. The molecule has 0 unspecified atom stereocenters. The molecule has 1 rings (SSSR count). The lowest BCUT2D eigenvalue weighted by molar-refractivity contribution is -0.137. The third kappa shape index (κ3) is 9.14. The number of nitrogens with one attached hydrogen (secondary N) is 2. The molecule has 1 aromatic heterocycles. The predicted molar refractivity (Wildman–Crippen MR) is 99.0 cm³/mol. The summed E-state index contributed by atoms with van der Waals surface area (Å²) in [5.41, 5.74) is -0.928. The van der Waals surface area contributed by atoms with Crippen LogP contribution in [-0.2, 0) is 6.18 Å². The number of alkyl halides is 3. The van der Waals surface area contributed by atoms with E-state index in [1.165, 1.54) is 6.07 Å². The quantitative estimate of drug-likeness (QED) is 0.306. The summed E-state index contributed by atoms with van der Waals surface area (Å²) in [6.07, 6.45) is -3.64. The lowest BCUT2D eigenvalue weighted by Crippen LogP contribution is -2.47. The SMILES string of the molecule is CCNC(=NCCOc1ccc(C(F)(F)F)cn1)NC(C)(C)C.I. The fourth-order valence-corrected chi connectivity index (χ4v) is 1.60. The summed E-state index contributed by atoms with van der Waals surface area (Å²) in [6, 6.07) is 2.14. The minimum Gasteiger partial charge on any atom is -0.476 e. The van der Waals surface area contributed by atoms with E-state index in [2.05, 4.69) is 20.6 Å². The molecule has 0 saturated heterocycles. The molecule has 138 valence electrons. The van der Waals surface area contributed by atoms with Gasteiger partial charge in [-0.05, 0) is 33.8 Å². The summed E-state index contributed by atoms with van der Waals surface area (Å²) in [6.45, 7) is 9.31. The molecule has 0 radical (unpaired) electrons. The van der Waals surface area contributed by atoms with Gasteiger partial charge >= 0.3 is 6.18 Å². The normalized spacial score (nSPS) is 12.4. The molecule has 0 amide bonds. The molecule has 0 aliphatic rings. The molecule has 24 heavy (non-hydrogen) atoms. The van der Waals surface area contributed by atoms with Crippen LogP contribution in [0.4, 0.5) is 13.2 Å². The zero-order chi connectivity index (χ0) is 17.5. The molecule has 9 heteroatoms. The molecule has 0 atom stereocenters. The van der Waals surface area contributed by atoms with E-state index in [9.17, 15) is 13.2 Å². The molecule has 1 aromatic rings. The number of nitrogens with zero attached hydrogens (tertiary/aromatic N) is 2. The number of rotatable bonds is 5. The Labute approximate surface area is 157 Å². The largest absolute Gasteiger partial charge is 0.476 e. The number of hydrogen-bond acceptors (Lipinski definition) is 3. The second-order valence-corrected chi connectivity index (χ2v) is 5.87. The first-order valence-electron chi connectivity index (χ1n) is 7.34. The molecule has 0 aliphatic carbocycles. The van der Waals surface area contributed by atoms with E-state index in [0.29, 0.717) is 12.5 Å². The van der Waals surface area contributed by atoms with Crippen molar-refractivity contribution in [3.8, 4) is 5.88 Å². The van der Waals surface area contributed by atoms with Gasteiger partial charge in [0.2, 0.25) is 5.88 Å². The number of guanidine groups is 1. The van der Waals surface area contributed by atoms with Gasteiger partial charge < -0.3 is 15.4 Å². The summed E-state index contributed by atoms with van der Waals surface area (Å²) < 4.78 is 42.5. The first-order valence-corrected chi connectivity index (χ1v) is 7.34. The Morgan fingerprint density at radius 1 is 1.25 bits per heavy atom. The number of halogens is 4. The number of ether oxygens (including phenoxy) is 1. The maximum Gasteiger partial charge on any atom is 0.417 e. The standard InChI is InChI=1S/C15H23F3N4O.HI/c1-5-19-13(22-14(2,3)4)20-8-9-23-12-7-6-11(10-21-12)15(16,17)18;/h6-7,10H,5,8-9H2,1-4H3,(H2,19,20,22);1H. The maximum absolute atomic E-state index is 12.4.